The molecule has 0 aliphatic rings. The maximum absolute atomic E-state index is 5.82. The Morgan fingerprint density at radius 3 is 2.11 bits per heavy atom. The van der Waals surface area contributed by atoms with Crippen LogP contribution in [0, 0.1) is 0 Å². The van der Waals surface area contributed by atoms with Crippen LogP contribution in [0.2, 0.25) is 0 Å². The van der Waals surface area contributed by atoms with Crippen molar-refractivity contribution in [2.45, 2.75) is 0 Å². The van der Waals surface area contributed by atoms with Gasteiger partial charge in [0.1, 0.15) is 12.4 Å². The molecule has 1 rings (SSSR count). The Labute approximate surface area is 115 Å². The Balaban J connectivity index is 2.32. The van der Waals surface area contributed by atoms with E-state index in [-0.39, 0.29) is 0 Å². The topological polar surface area (TPSA) is 57.0 Å². The summed E-state index contributed by atoms with van der Waals surface area (Å²) >= 11 is 0. The molecule has 1 aromatic rings. The van der Waals surface area contributed by atoms with Gasteiger partial charge in [0.05, 0.1) is 18.9 Å². The summed E-state index contributed by atoms with van der Waals surface area (Å²) in [4.78, 5) is 2.24. The molecule has 5 heteroatoms. The second-order valence-corrected chi connectivity index (χ2v) is 4.21. The molecule has 0 aliphatic carbocycles. The second kappa shape index (κ2) is 9.61. The van der Waals surface area contributed by atoms with Crippen molar-refractivity contribution in [2.75, 3.05) is 59.4 Å². The van der Waals surface area contributed by atoms with E-state index < -0.39 is 0 Å². The van der Waals surface area contributed by atoms with Gasteiger partial charge in [-0.3, -0.25) is 4.90 Å². The fraction of sp³-hybridized carbons (Fsp3) is 0.571. The van der Waals surface area contributed by atoms with Crippen molar-refractivity contribution in [3.8, 4) is 5.75 Å². The van der Waals surface area contributed by atoms with Crippen molar-refractivity contribution in [3.05, 3.63) is 24.3 Å². The fourth-order valence-electron chi connectivity index (χ4n) is 1.67. The van der Waals surface area contributed by atoms with E-state index in [0.29, 0.717) is 25.5 Å². The van der Waals surface area contributed by atoms with Crippen molar-refractivity contribution in [1.29, 1.82) is 0 Å². The quantitative estimate of drug-likeness (QED) is 0.647. The summed E-state index contributed by atoms with van der Waals surface area (Å²) in [6.45, 7) is 4.57. The van der Waals surface area contributed by atoms with Crippen LogP contribution in [0.3, 0.4) is 0 Å². The molecule has 0 fully saturated rings. The van der Waals surface area contributed by atoms with Gasteiger partial charge in [0.25, 0.3) is 0 Å². The minimum absolute atomic E-state index is 0.599. The summed E-state index contributed by atoms with van der Waals surface area (Å²) in [5, 5.41) is 0. The van der Waals surface area contributed by atoms with Crippen LogP contribution in [0.4, 0.5) is 5.69 Å². The minimum atomic E-state index is 0.599. The number of anilines is 1. The lowest BCUT2D eigenvalue weighted by Gasteiger charge is -2.21. The van der Waals surface area contributed by atoms with Crippen molar-refractivity contribution in [2.24, 2.45) is 0 Å². The monoisotopic (exact) mass is 268 g/mol. The first kappa shape index (κ1) is 15.8. The Kier molecular flexibility index (Phi) is 7.97. The molecule has 0 saturated carbocycles. The molecule has 2 N–H and O–H groups in total. The molecule has 1 aromatic carbocycles. The molecule has 19 heavy (non-hydrogen) atoms. The van der Waals surface area contributed by atoms with Gasteiger partial charge in [-0.05, 0) is 12.1 Å². The molecule has 0 radical (unpaired) electrons. The molecule has 0 unspecified atom stereocenters. The third-order valence-electron chi connectivity index (χ3n) is 2.81. The molecule has 0 spiro atoms. The highest BCUT2D eigenvalue weighted by molar-refractivity contribution is 5.51. The highest BCUT2D eigenvalue weighted by Crippen LogP contribution is 2.19. The summed E-state index contributed by atoms with van der Waals surface area (Å²) < 4.78 is 15.9. The standard InChI is InChI=1S/C14H24N2O3/c1-17-10-7-16(8-11-18-2)9-12-19-14-6-4-3-5-13(14)15/h3-6H,7-12,15H2,1-2H3. The molecular weight excluding hydrogens is 244 g/mol. The predicted octanol–water partition coefficient (Wildman–Crippen LogP) is 1.24. The second-order valence-electron chi connectivity index (χ2n) is 4.21. The summed E-state index contributed by atoms with van der Waals surface area (Å²) in [5.74, 6) is 0.737. The number of rotatable bonds is 10. The first-order valence-corrected chi connectivity index (χ1v) is 6.45. The van der Waals surface area contributed by atoms with E-state index in [9.17, 15) is 0 Å². The lowest BCUT2D eigenvalue weighted by atomic mass is 10.3. The SMILES string of the molecule is COCCN(CCOC)CCOc1ccccc1N. The molecule has 0 bridgehead atoms. The van der Waals surface area contributed by atoms with Crippen molar-refractivity contribution >= 4 is 5.69 Å². The molecule has 0 heterocycles. The molecule has 108 valence electrons. The lowest BCUT2D eigenvalue weighted by molar-refractivity contribution is 0.104. The van der Waals surface area contributed by atoms with Crippen LogP contribution in [-0.4, -0.2) is 58.6 Å². The van der Waals surface area contributed by atoms with Gasteiger partial charge in [0, 0.05) is 33.9 Å². The van der Waals surface area contributed by atoms with Crippen molar-refractivity contribution in [3.63, 3.8) is 0 Å². The Morgan fingerprint density at radius 1 is 0.947 bits per heavy atom. The first-order valence-electron chi connectivity index (χ1n) is 6.45. The number of methoxy groups -OCH3 is 2. The number of hydrogen-bond acceptors (Lipinski definition) is 5. The van der Waals surface area contributed by atoms with Gasteiger partial charge in [0.15, 0.2) is 0 Å². The van der Waals surface area contributed by atoms with Gasteiger partial charge in [-0.25, -0.2) is 0 Å². The third-order valence-corrected chi connectivity index (χ3v) is 2.81. The summed E-state index contributed by atoms with van der Waals surface area (Å²) in [5.41, 5.74) is 6.49. The van der Waals surface area contributed by atoms with Gasteiger partial charge in [-0.1, -0.05) is 12.1 Å². The van der Waals surface area contributed by atoms with Gasteiger partial charge in [-0.2, -0.15) is 0 Å². The van der Waals surface area contributed by atoms with Crippen LogP contribution < -0.4 is 10.5 Å². The summed E-state index contributed by atoms with van der Waals surface area (Å²) in [6.07, 6.45) is 0. The lowest BCUT2D eigenvalue weighted by Crippen LogP contribution is -2.34. The Bertz CT molecular complexity index is 339. The fourth-order valence-corrected chi connectivity index (χ4v) is 1.67. The number of hydrogen-bond donors (Lipinski definition) is 1. The molecule has 0 aliphatic heterocycles. The smallest absolute Gasteiger partial charge is 0.142 e. The highest BCUT2D eigenvalue weighted by atomic mass is 16.5. The zero-order valence-electron chi connectivity index (χ0n) is 11.8. The summed E-state index contributed by atoms with van der Waals surface area (Å²) in [6, 6.07) is 7.53. The molecule has 0 atom stereocenters. The zero-order chi connectivity index (χ0) is 13.9. The van der Waals surface area contributed by atoms with Crippen LogP contribution in [0.5, 0.6) is 5.75 Å². The van der Waals surface area contributed by atoms with Crippen LogP contribution >= 0.6 is 0 Å². The number of nitrogens with zero attached hydrogens (tertiary/aromatic N) is 1. The summed E-state index contributed by atoms with van der Waals surface area (Å²) in [7, 11) is 3.41. The van der Waals surface area contributed by atoms with Gasteiger partial charge >= 0.3 is 0 Å². The van der Waals surface area contributed by atoms with Gasteiger partial charge in [0.2, 0.25) is 0 Å². The number of para-hydroxylation sites is 2. The van der Waals surface area contributed by atoms with Gasteiger partial charge in [-0.15, -0.1) is 0 Å². The number of nitrogen functional groups attached to an aromatic ring is 1. The highest BCUT2D eigenvalue weighted by Gasteiger charge is 2.05. The molecule has 0 aromatic heterocycles. The van der Waals surface area contributed by atoms with Crippen molar-refractivity contribution < 1.29 is 14.2 Å². The first-order chi connectivity index (χ1) is 9.27. The van der Waals surface area contributed by atoms with E-state index in [4.69, 9.17) is 19.9 Å². The van der Waals surface area contributed by atoms with E-state index in [1.165, 1.54) is 0 Å². The van der Waals surface area contributed by atoms with E-state index >= 15 is 0 Å². The van der Waals surface area contributed by atoms with Crippen LogP contribution in [0.25, 0.3) is 0 Å². The number of benzene rings is 1. The minimum Gasteiger partial charge on any atom is -0.490 e. The zero-order valence-corrected chi connectivity index (χ0v) is 11.8. The normalized spacial score (nSPS) is 10.9. The average Bonchev–Trinajstić information content (AvgIpc) is 2.43. The molecule has 0 saturated heterocycles. The van der Waals surface area contributed by atoms with E-state index in [2.05, 4.69) is 4.90 Å². The Morgan fingerprint density at radius 2 is 1.53 bits per heavy atom. The van der Waals surface area contributed by atoms with Crippen LogP contribution in [0.15, 0.2) is 24.3 Å². The molecule has 5 nitrogen and oxygen atoms in total. The average molecular weight is 268 g/mol. The largest absolute Gasteiger partial charge is 0.490 e. The van der Waals surface area contributed by atoms with Crippen LogP contribution in [-0.2, 0) is 9.47 Å². The van der Waals surface area contributed by atoms with Gasteiger partial charge < -0.3 is 19.9 Å². The predicted molar refractivity (Wildman–Crippen MR) is 76.5 cm³/mol. The molecular formula is C14H24N2O3. The van der Waals surface area contributed by atoms with Crippen molar-refractivity contribution in [1.82, 2.24) is 4.90 Å². The van der Waals surface area contributed by atoms with E-state index in [0.717, 1.165) is 25.4 Å². The number of ether oxygens (including phenoxy) is 3. The Hall–Kier alpha value is -1.30. The number of nitrogens with two attached hydrogens (primary N) is 1. The maximum Gasteiger partial charge on any atom is 0.142 e. The van der Waals surface area contributed by atoms with Crippen LogP contribution in [0.1, 0.15) is 0 Å². The molecule has 0 amide bonds. The van der Waals surface area contributed by atoms with E-state index in [1.54, 1.807) is 14.2 Å². The third kappa shape index (κ3) is 6.42. The maximum atomic E-state index is 5.82. The van der Waals surface area contributed by atoms with E-state index in [1.807, 2.05) is 24.3 Å².